The molecule has 0 saturated carbocycles. The molecule has 2 aromatic rings. The topological polar surface area (TPSA) is 67.1 Å². The SMILES string of the molecule is CN=C(NCCCc1nnc(SC)n1CC(C)C)NCC(C)c1cccs1. The van der Waals surface area contributed by atoms with Gasteiger partial charge in [0.05, 0.1) is 0 Å². The van der Waals surface area contributed by atoms with E-state index in [9.17, 15) is 0 Å². The zero-order chi connectivity index (χ0) is 19.6. The Kier molecular flexibility index (Phi) is 9.14. The van der Waals surface area contributed by atoms with Crippen LogP contribution in [0.4, 0.5) is 0 Å². The Morgan fingerprint density at radius 3 is 2.74 bits per heavy atom. The summed E-state index contributed by atoms with van der Waals surface area (Å²) in [5.74, 6) is 2.98. The first-order valence-corrected chi connectivity index (χ1v) is 11.6. The van der Waals surface area contributed by atoms with Crippen LogP contribution in [-0.4, -0.2) is 47.1 Å². The molecular formula is C19H32N6S2. The summed E-state index contributed by atoms with van der Waals surface area (Å²) in [6, 6.07) is 4.29. The molecule has 0 amide bonds. The lowest BCUT2D eigenvalue weighted by Crippen LogP contribution is -2.39. The Hall–Kier alpha value is -1.54. The van der Waals surface area contributed by atoms with Gasteiger partial charge in [0.25, 0.3) is 0 Å². The second-order valence-electron chi connectivity index (χ2n) is 7.01. The Labute approximate surface area is 171 Å². The van der Waals surface area contributed by atoms with Gasteiger partial charge in [0, 0.05) is 43.9 Å². The minimum atomic E-state index is 0.475. The maximum atomic E-state index is 4.38. The number of aromatic nitrogens is 3. The van der Waals surface area contributed by atoms with E-state index in [1.54, 1.807) is 23.1 Å². The van der Waals surface area contributed by atoms with Gasteiger partial charge in [-0.15, -0.1) is 21.5 Å². The fourth-order valence-electron chi connectivity index (χ4n) is 2.80. The van der Waals surface area contributed by atoms with E-state index in [1.807, 2.05) is 7.05 Å². The van der Waals surface area contributed by atoms with Crippen LogP contribution in [0.15, 0.2) is 27.7 Å². The molecule has 0 saturated heterocycles. The van der Waals surface area contributed by atoms with Crippen molar-refractivity contribution >= 4 is 29.1 Å². The zero-order valence-corrected chi connectivity index (χ0v) is 18.7. The van der Waals surface area contributed by atoms with E-state index in [4.69, 9.17) is 0 Å². The molecule has 27 heavy (non-hydrogen) atoms. The summed E-state index contributed by atoms with van der Waals surface area (Å²) in [6.45, 7) is 9.38. The Bertz CT molecular complexity index is 693. The van der Waals surface area contributed by atoms with E-state index in [-0.39, 0.29) is 0 Å². The fraction of sp³-hybridized carbons (Fsp3) is 0.632. The van der Waals surface area contributed by atoms with Gasteiger partial charge in [-0.25, -0.2) is 0 Å². The van der Waals surface area contributed by atoms with Crippen LogP contribution in [0.3, 0.4) is 0 Å². The van der Waals surface area contributed by atoms with E-state index in [0.717, 1.165) is 49.4 Å². The largest absolute Gasteiger partial charge is 0.356 e. The molecule has 2 aromatic heterocycles. The van der Waals surface area contributed by atoms with Gasteiger partial charge in [-0.3, -0.25) is 4.99 Å². The molecule has 150 valence electrons. The lowest BCUT2D eigenvalue weighted by Gasteiger charge is -2.15. The number of thiophene rings is 1. The monoisotopic (exact) mass is 408 g/mol. The zero-order valence-electron chi connectivity index (χ0n) is 17.0. The van der Waals surface area contributed by atoms with Crippen molar-refractivity contribution in [2.24, 2.45) is 10.9 Å². The molecular weight excluding hydrogens is 376 g/mol. The van der Waals surface area contributed by atoms with E-state index in [0.29, 0.717) is 11.8 Å². The van der Waals surface area contributed by atoms with Crippen molar-refractivity contribution in [3.05, 3.63) is 28.2 Å². The van der Waals surface area contributed by atoms with Gasteiger partial charge in [0.15, 0.2) is 11.1 Å². The van der Waals surface area contributed by atoms with E-state index in [2.05, 4.69) is 74.9 Å². The summed E-state index contributed by atoms with van der Waals surface area (Å²) in [4.78, 5) is 5.72. The van der Waals surface area contributed by atoms with Crippen LogP contribution in [0.2, 0.25) is 0 Å². The first-order valence-electron chi connectivity index (χ1n) is 9.49. The number of rotatable bonds is 10. The average molecular weight is 409 g/mol. The molecule has 0 radical (unpaired) electrons. The molecule has 0 aliphatic rings. The predicted molar refractivity (Wildman–Crippen MR) is 117 cm³/mol. The van der Waals surface area contributed by atoms with E-state index < -0.39 is 0 Å². The van der Waals surface area contributed by atoms with Gasteiger partial charge in [0.2, 0.25) is 0 Å². The van der Waals surface area contributed by atoms with Crippen molar-refractivity contribution in [3.63, 3.8) is 0 Å². The lowest BCUT2D eigenvalue weighted by atomic mass is 10.1. The standard InChI is InChI=1S/C19H32N6S2/c1-14(2)13-25-17(23-24-19(25)26-5)9-6-10-21-18(20-4)22-12-15(3)16-8-7-11-27-16/h7-8,11,14-15H,6,9-10,12-13H2,1-5H3,(H2,20,21,22). The van der Waals surface area contributed by atoms with Crippen molar-refractivity contribution in [1.82, 2.24) is 25.4 Å². The minimum absolute atomic E-state index is 0.475. The molecule has 0 aromatic carbocycles. The predicted octanol–water partition coefficient (Wildman–Crippen LogP) is 3.62. The first-order chi connectivity index (χ1) is 13.0. The first kappa shape index (κ1) is 21.8. The molecule has 8 heteroatoms. The number of thioether (sulfide) groups is 1. The number of guanidine groups is 1. The molecule has 0 bridgehead atoms. The van der Waals surface area contributed by atoms with Crippen LogP contribution in [-0.2, 0) is 13.0 Å². The third-order valence-electron chi connectivity index (χ3n) is 4.22. The summed E-state index contributed by atoms with van der Waals surface area (Å²) in [5, 5.41) is 18.6. The molecule has 0 fully saturated rings. The number of hydrogen-bond donors (Lipinski definition) is 2. The third-order valence-corrected chi connectivity index (χ3v) is 5.99. The molecule has 1 unspecified atom stereocenters. The van der Waals surface area contributed by atoms with Gasteiger partial charge in [-0.2, -0.15) is 0 Å². The quantitative estimate of drug-likeness (QED) is 0.272. The Morgan fingerprint density at radius 2 is 2.11 bits per heavy atom. The molecule has 0 spiro atoms. The average Bonchev–Trinajstić information content (AvgIpc) is 3.31. The smallest absolute Gasteiger partial charge is 0.190 e. The van der Waals surface area contributed by atoms with Crippen LogP contribution >= 0.6 is 23.1 Å². The summed E-state index contributed by atoms with van der Waals surface area (Å²) in [6.07, 6.45) is 3.96. The Balaban J connectivity index is 1.76. The van der Waals surface area contributed by atoms with Crippen LogP contribution in [0.25, 0.3) is 0 Å². The maximum Gasteiger partial charge on any atom is 0.190 e. The van der Waals surface area contributed by atoms with E-state index >= 15 is 0 Å². The number of nitrogens with zero attached hydrogens (tertiary/aromatic N) is 4. The van der Waals surface area contributed by atoms with Crippen LogP contribution < -0.4 is 10.6 Å². The van der Waals surface area contributed by atoms with Crippen molar-refractivity contribution in [2.45, 2.75) is 51.2 Å². The number of hydrogen-bond acceptors (Lipinski definition) is 5. The number of aliphatic imine (C=N–C) groups is 1. The second kappa shape index (κ2) is 11.3. The van der Waals surface area contributed by atoms with Gasteiger partial charge in [-0.1, -0.05) is 38.6 Å². The molecule has 6 nitrogen and oxygen atoms in total. The fourth-order valence-corrected chi connectivity index (χ4v) is 4.11. The maximum absolute atomic E-state index is 4.38. The van der Waals surface area contributed by atoms with Crippen molar-refractivity contribution in [2.75, 3.05) is 26.4 Å². The Morgan fingerprint density at radius 1 is 1.30 bits per heavy atom. The highest BCUT2D eigenvalue weighted by Gasteiger charge is 2.12. The lowest BCUT2D eigenvalue weighted by molar-refractivity contribution is 0.477. The summed E-state index contributed by atoms with van der Waals surface area (Å²) < 4.78 is 2.26. The highest BCUT2D eigenvalue weighted by molar-refractivity contribution is 7.98. The highest BCUT2D eigenvalue weighted by atomic mass is 32.2. The van der Waals surface area contributed by atoms with Gasteiger partial charge < -0.3 is 15.2 Å². The summed E-state index contributed by atoms with van der Waals surface area (Å²) in [7, 11) is 1.81. The van der Waals surface area contributed by atoms with Crippen LogP contribution in [0.5, 0.6) is 0 Å². The van der Waals surface area contributed by atoms with Gasteiger partial charge in [0.1, 0.15) is 5.82 Å². The molecule has 2 heterocycles. The normalized spacial score (nSPS) is 13.2. The summed E-state index contributed by atoms with van der Waals surface area (Å²) >= 11 is 3.46. The molecule has 2 rings (SSSR count). The van der Waals surface area contributed by atoms with E-state index in [1.165, 1.54) is 4.88 Å². The van der Waals surface area contributed by atoms with Crippen molar-refractivity contribution < 1.29 is 0 Å². The highest BCUT2D eigenvalue weighted by Crippen LogP contribution is 2.19. The molecule has 1 atom stereocenters. The van der Waals surface area contributed by atoms with Gasteiger partial charge >= 0.3 is 0 Å². The molecule has 2 N–H and O–H groups in total. The molecule has 0 aliphatic heterocycles. The number of nitrogens with one attached hydrogen (secondary N) is 2. The van der Waals surface area contributed by atoms with Crippen LogP contribution in [0.1, 0.15) is 43.8 Å². The second-order valence-corrected chi connectivity index (χ2v) is 8.76. The number of aryl methyl sites for hydroxylation is 1. The van der Waals surface area contributed by atoms with Crippen molar-refractivity contribution in [1.29, 1.82) is 0 Å². The summed E-state index contributed by atoms with van der Waals surface area (Å²) in [5.41, 5.74) is 0. The third kappa shape index (κ3) is 6.84. The minimum Gasteiger partial charge on any atom is -0.356 e. The molecule has 0 aliphatic carbocycles. The van der Waals surface area contributed by atoms with Crippen LogP contribution in [0, 0.1) is 5.92 Å². The van der Waals surface area contributed by atoms with Gasteiger partial charge in [-0.05, 0) is 30.0 Å². The van der Waals surface area contributed by atoms with Crippen molar-refractivity contribution in [3.8, 4) is 0 Å².